The molecule has 2 unspecified atom stereocenters. The number of hydrogen-bond acceptors (Lipinski definition) is 3. The Labute approximate surface area is 119 Å². The Bertz CT molecular complexity index is 514. The van der Waals surface area contributed by atoms with Crippen LogP contribution in [-0.2, 0) is 0 Å². The summed E-state index contributed by atoms with van der Waals surface area (Å²) in [5.74, 6) is 0.351. The topological polar surface area (TPSA) is 49.8 Å². The van der Waals surface area contributed by atoms with E-state index in [-0.39, 0.29) is 5.56 Å². The zero-order valence-corrected chi connectivity index (χ0v) is 11.8. The van der Waals surface area contributed by atoms with E-state index in [1.165, 1.54) is 25.7 Å². The molecule has 20 heavy (non-hydrogen) atoms. The number of para-hydroxylation sites is 1. The molecule has 0 saturated heterocycles. The highest BCUT2D eigenvalue weighted by Gasteiger charge is 2.34. The van der Waals surface area contributed by atoms with E-state index in [0.29, 0.717) is 18.4 Å². The maximum atomic E-state index is 11.3. The maximum absolute atomic E-state index is 11.3. The number of carbonyl (C=O) groups is 1. The van der Waals surface area contributed by atoms with Gasteiger partial charge >= 0.3 is 5.97 Å². The van der Waals surface area contributed by atoms with Gasteiger partial charge in [-0.15, -0.1) is 0 Å². The monoisotopic (exact) mass is 275 g/mol. The van der Waals surface area contributed by atoms with Crippen molar-refractivity contribution in [3.05, 3.63) is 23.8 Å². The summed E-state index contributed by atoms with van der Waals surface area (Å²) in [4.78, 5) is 13.7. The first-order valence-corrected chi connectivity index (χ1v) is 7.48. The Balaban J connectivity index is 1.98. The summed E-state index contributed by atoms with van der Waals surface area (Å²) in [5.41, 5.74) is 1.24. The lowest BCUT2D eigenvalue weighted by atomic mass is 9.97. The molecular weight excluding hydrogens is 254 g/mol. The van der Waals surface area contributed by atoms with Gasteiger partial charge in [0.1, 0.15) is 12.2 Å². The van der Waals surface area contributed by atoms with Crippen molar-refractivity contribution in [1.82, 2.24) is 0 Å². The first-order chi connectivity index (χ1) is 9.72. The predicted molar refractivity (Wildman–Crippen MR) is 77.7 cm³/mol. The van der Waals surface area contributed by atoms with Gasteiger partial charge < -0.3 is 14.7 Å². The minimum absolute atomic E-state index is 0.276. The van der Waals surface area contributed by atoms with Crippen LogP contribution in [0.3, 0.4) is 0 Å². The molecule has 0 bridgehead atoms. The van der Waals surface area contributed by atoms with E-state index in [4.69, 9.17) is 4.74 Å². The fourth-order valence-corrected chi connectivity index (χ4v) is 3.69. The van der Waals surface area contributed by atoms with Crippen LogP contribution in [0.5, 0.6) is 5.75 Å². The Morgan fingerprint density at radius 2 is 2.30 bits per heavy atom. The standard InChI is InChI=1S/C16H21NO3/c1-2-11-5-3-7-13(11)17-9-10-20-15-12(16(18)19)6-4-8-14(15)17/h4,6,8,11,13H,2-3,5,7,9-10H2,1H3,(H,18,19). The van der Waals surface area contributed by atoms with Crippen LogP contribution in [0.1, 0.15) is 43.0 Å². The molecule has 4 nitrogen and oxygen atoms in total. The van der Waals surface area contributed by atoms with Crippen LogP contribution in [0.15, 0.2) is 18.2 Å². The summed E-state index contributed by atoms with van der Waals surface area (Å²) in [6.45, 7) is 3.68. The van der Waals surface area contributed by atoms with Gasteiger partial charge in [-0.1, -0.05) is 25.8 Å². The summed E-state index contributed by atoms with van der Waals surface area (Å²) in [6.07, 6.45) is 4.95. The van der Waals surface area contributed by atoms with Gasteiger partial charge in [0.2, 0.25) is 0 Å². The number of fused-ring (bicyclic) bond motifs is 1. The van der Waals surface area contributed by atoms with Gasteiger partial charge in [-0.05, 0) is 30.9 Å². The average Bonchev–Trinajstić information content (AvgIpc) is 2.94. The van der Waals surface area contributed by atoms with Gasteiger partial charge in [0.05, 0.1) is 12.2 Å². The van der Waals surface area contributed by atoms with E-state index in [1.807, 2.05) is 12.1 Å². The largest absolute Gasteiger partial charge is 0.489 e. The van der Waals surface area contributed by atoms with Crippen LogP contribution < -0.4 is 9.64 Å². The summed E-state index contributed by atoms with van der Waals surface area (Å²) >= 11 is 0. The van der Waals surface area contributed by atoms with E-state index in [9.17, 15) is 9.90 Å². The third kappa shape index (κ3) is 2.13. The number of hydrogen-bond donors (Lipinski definition) is 1. The first kappa shape index (κ1) is 13.3. The Morgan fingerprint density at radius 3 is 3.05 bits per heavy atom. The van der Waals surface area contributed by atoms with Gasteiger partial charge in [-0.2, -0.15) is 0 Å². The number of ether oxygens (including phenoxy) is 1. The molecule has 0 amide bonds. The highest BCUT2D eigenvalue weighted by molar-refractivity contribution is 5.93. The lowest BCUT2D eigenvalue weighted by molar-refractivity contribution is 0.0692. The van der Waals surface area contributed by atoms with Crippen molar-refractivity contribution in [3.63, 3.8) is 0 Å². The Kier molecular flexibility index (Phi) is 3.55. The normalized spacial score (nSPS) is 25.1. The SMILES string of the molecule is CCC1CCCC1N1CCOc2c(C(=O)O)cccc21. The summed E-state index contributed by atoms with van der Waals surface area (Å²) in [7, 11) is 0. The molecule has 2 atom stereocenters. The summed E-state index contributed by atoms with van der Waals surface area (Å²) in [6, 6.07) is 5.97. The maximum Gasteiger partial charge on any atom is 0.339 e. The molecule has 1 aromatic carbocycles. The van der Waals surface area contributed by atoms with Crippen molar-refractivity contribution in [2.24, 2.45) is 5.92 Å². The third-order valence-corrected chi connectivity index (χ3v) is 4.66. The summed E-state index contributed by atoms with van der Waals surface area (Å²) in [5, 5.41) is 9.29. The Hall–Kier alpha value is -1.71. The Morgan fingerprint density at radius 1 is 1.45 bits per heavy atom. The number of anilines is 1. The molecule has 1 fully saturated rings. The highest BCUT2D eigenvalue weighted by Crippen LogP contribution is 2.41. The number of carboxylic acid groups (broad SMARTS) is 1. The molecule has 1 aliphatic heterocycles. The molecule has 0 radical (unpaired) electrons. The quantitative estimate of drug-likeness (QED) is 0.920. The van der Waals surface area contributed by atoms with Crippen molar-refractivity contribution in [1.29, 1.82) is 0 Å². The third-order valence-electron chi connectivity index (χ3n) is 4.66. The van der Waals surface area contributed by atoms with E-state index in [1.54, 1.807) is 6.07 Å². The van der Waals surface area contributed by atoms with Crippen molar-refractivity contribution in [2.45, 2.75) is 38.6 Å². The van der Waals surface area contributed by atoms with Gasteiger partial charge in [-0.25, -0.2) is 4.79 Å². The predicted octanol–water partition coefficient (Wildman–Crippen LogP) is 3.16. The van der Waals surface area contributed by atoms with E-state index in [2.05, 4.69) is 11.8 Å². The van der Waals surface area contributed by atoms with Gasteiger partial charge in [0, 0.05) is 6.04 Å². The fourth-order valence-electron chi connectivity index (χ4n) is 3.69. The van der Waals surface area contributed by atoms with Crippen molar-refractivity contribution in [3.8, 4) is 5.75 Å². The first-order valence-electron chi connectivity index (χ1n) is 7.48. The number of rotatable bonds is 3. The molecule has 0 spiro atoms. The second-order valence-electron chi connectivity index (χ2n) is 5.67. The zero-order valence-electron chi connectivity index (χ0n) is 11.8. The van der Waals surface area contributed by atoms with E-state index < -0.39 is 5.97 Å². The molecule has 1 aromatic rings. The number of aromatic carboxylic acids is 1. The molecule has 2 aliphatic rings. The second-order valence-corrected chi connectivity index (χ2v) is 5.67. The van der Waals surface area contributed by atoms with Crippen molar-refractivity contribution in [2.75, 3.05) is 18.1 Å². The molecule has 0 aromatic heterocycles. The minimum Gasteiger partial charge on any atom is -0.489 e. The molecule has 3 rings (SSSR count). The van der Waals surface area contributed by atoms with Gasteiger partial charge in [0.15, 0.2) is 5.75 Å². The van der Waals surface area contributed by atoms with Crippen molar-refractivity contribution < 1.29 is 14.6 Å². The second kappa shape index (κ2) is 5.35. The number of benzene rings is 1. The fraction of sp³-hybridized carbons (Fsp3) is 0.562. The lowest BCUT2D eigenvalue weighted by Crippen LogP contribution is -2.43. The molecule has 108 valence electrons. The number of nitrogens with zero attached hydrogens (tertiary/aromatic N) is 1. The van der Waals surface area contributed by atoms with E-state index >= 15 is 0 Å². The van der Waals surface area contributed by atoms with Gasteiger partial charge in [-0.3, -0.25) is 0 Å². The average molecular weight is 275 g/mol. The molecule has 4 heteroatoms. The molecule has 1 saturated carbocycles. The van der Waals surface area contributed by atoms with E-state index in [0.717, 1.165) is 18.2 Å². The highest BCUT2D eigenvalue weighted by atomic mass is 16.5. The molecular formula is C16H21NO3. The van der Waals surface area contributed by atoms with Crippen LogP contribution >= 0.6 is 0 Å². The van der Waals surface area contributed by atoms with Crippen LogP contribution in [0.4, 0.5) is 5.69 Å². The molecule has 1 heterocycles. The zero-order chi connectivity index (χ0) is 14.1. The van der Waals surface area contributed by atoms with Crippen LogP contribution in [-0.4, -0.2) is 30.3 Å². The summed E-state index contributed by atoms with van der Waals surface area (Å²) < 4.78 is 5.65. The van der Waals surface area contributed by atoms with Crippen LogP contribution in [0, 0.1) is 5.92 Å². The minimum atomic E-state index is -0.915. The lowest BCUT2D eigenvalue weighted by Gasteiger charge is -2.39. The van der Waals surface area contributed by atoms with Gasteiger partial charge in [0.25, 0.3) is 0 Å². The molecule has 1 N–H and O–H groups in total. The van der Waals surface area contributed by atoms with Crippen molar-refractivity contribution >= 4 is 11.7 Å². The van der Waals surface area contributed by atoms with Crippen LogP contribution in [0.2, 0.25) is 0 Å². The van der Waals surface area contributed by atoms with Crippen LogP contribution in [0.25, 0.3) is 0 Å². The number of carboxylic acids is 1. The smallest absolute Gasteiger partial charge is 0.339 e. The molecule has 1 aliphatic carbocycles.